The van der Waals surface area contributed by atoms with Gasteiger partial charge in [-0.1, -0.05) is 21.0 Å². The second-order valence-electron chi connectivity index (χ2n) is 2.57. The molecule has 0 spiro atoms. The Morgan fingerprint density at radius 3 is 2.79 bits per heavy atom. The van der Waals surface area contributed by atoms with Crippen molar-refractivity contribution in [3.05, 3.63) is 28.5 Å². The van der Waals surface area contributed by atoms with Crippen LogP contribution in [0.1, 0.15) is 0 Å². The van der Waals surface area contributed by atoms with Crippen LogP contribution in [0.3, 0.4) is 0 Å². The highest BCUT2D eigenvalue weighted by atomic mass is 79.9. The van der Waals surface area contributed by atoms with Crippen molar-refractivity contribution < 1.29 is 8.81 Å². The zero-order chi connectivity index (χ0) is 10.1. The van der Waals surface area contributed by atoms with Crippen LogP contribution in [0.4, 0.5) is 10.4 Å². The van der Waals surface area contributed by atoms with Crippen LogP contribution in [0.15, 0.2) is 27.1 Å². The quantitative estimate of drug-likeness (QED) is 0.851. The van der Waals surface area contributed by atoms with Crippen LogP contribution in [-0.2, 0) is 0 Å². The Hall–Kier alpha value is -1.43. The lowest BCUT2D eigenvalue weighted by Crippen LogP contribution is -1.84. The van der Waals surface area contributed by atoms with Gasteiger partial charge in [-0.05, 0) is 18.2 Å². The lowest BCUT2D eigenvalue weighted by Gasteiger charge is -1.97. The number of hydrogen-bond donors (Lipinski definition) is 1. The number of nitrogen functional groups attached to an aromatic ring is 1. The van der Waals surface area contributed by atoms with Gasteiger partial charge in [0.1, 0.15) is 5.82 Å². The summed E-state index contributed by atoms with van der Waals surface area (Å²) in [7, 11) is 0. The van der Waals surface area contributed by atoms with E-state index in [0.717, 1.165) is 4.47 Å². The van der Waals surface area contributed by atoms with E-state index in [-0.39, 0.29) is 17.5 Å². The first kappa shape index (κ1) is 9.14. The average Bonchev–Trinajstić information content (AvgIpc) is 2.56. The molecule has 1 aromatic heterocycles. The summed E-state index contributed by atoms with van der Waals surface area (Å²) in [5, 5.41) is 7.03. The molecule has 2 rings (SSSR count). The fourth-order valence-electron chi connectivity index (χ4n) is 1.00. The molecule has 0 saturated carbocycles. The Labute approximate surface area is 87.1 Å². The zero-order valence-corrected chi connectivity index (χ0v) is 8.45. The number of hydrogen-bond acceptors (Lipinski definition) is 4. The van der Waals surface area contributed by atoms with Gasteiger partial charge in [0, 0.05) is 4.47 Å². The predicted molar refractivity (Wildman–Crippen MR) is 51.8 cm³/mol. The molecule has 0 aliphatic rings. The third kappa shape index (κ3) is 1.60. The van der Waals surface area contributed by atoms with Gasteiger partial charge in [-0.15, -0.1) is 5.10 Å². The van der Waals surface area contributed by atoms with Crippen molar-refractivity contribution in [2.75, 3.05) is 5.73 Å². The molecule has 2 N–H and O–H groups in total. The van der Waals surface area contributed by atoms with Gasteiger partial charge in [0.15, 0.2) is 0 Å². The van der Waals surface area contributed by atoms with Gasteiger partial charge in [-0.25, -0.2) is 4.39 Å². The monoisotopic (exact) mass is 257 g/mol. The fourth-order valence-corrected chi connectivity index (χ4v) is 1.37. The molecule has 0 unspecified atom stereocenters. The van der Waals surface area contributed by atoms with Crippen molar-refractivity contribution >= 4 is 21.9 Å². The lowest BCUT2D eigenvalue weighted by molar-refractivity contribution is 0.575. The molecule has 14 heavy (non-hydrogen) atoms. The predicted octanol–water partition coefficient (Wildman–Crippen LogP) is 2.22. The van der Waals surface area contributed by atoms with Gasteiger partial charge in [0.2, 0.25) is 0 Å². The second kappa shape index (κ2) is 3.38. The Kier molecular flexibility index (Phi) is 2.20. The Morgan fingerprint density at radius 2 is 2.14 bits per heavy atom. The van der Waals surface area contributed by atoms with Gasteiger partial charge >= 0.3 is 6.01 Å². The maximum Gasteiger partial charge on any atom is 0.313 e. The van der Waals surface area contributed by atoms with E-state index in [4.69, 9.17) is 10.2 Å². The molecule has 0 radical (unpaired) electrons. The normalized spacial score (nSPS) is 10.4. The number of aromatic nitrogens is 2. The Morgan fingerprint density at radius 1 is 1.36 bits per heavy atom. The largest absolute Gasteiger partial charge is 0.403 e. The van der Waals surface area contributed by atoms with Crippen LogP contribution in [0.25, 0.3) is 11.5 Å². The van der Waals surface area contributed by atoms with Gasteiger partial charge in [0.05, 0.1) is 5.56 Å². The van der Waals surface area contributed by atoms with Gasteiger partial charge in [-0.3, -0.25) is 0 Å². The van der Waals surface area contributed by atoms with E-state index < -0.39 is 5.82 Å². The summed E-state index contributed by atoms with van der Waals surface area (Å²) in [5.41, 5.74) is 5.46. The molecule has 0 bridgehead atoms. The number of rotatable bonds is 1. The summed E-state index contributed by atoms with van der Waals surface area (Å²) in [4.78, 5) is 0. The Balaban J connectivity index is 2.55. The van der Waals surface area contributed by atoms with Gasteiger partial charge in [-0.2, -0.15) is 0 Å². The zero-order valence-electron chi connectivity index (χ0n) is 6.87. The second-order valence-corrected chi connectivity index (χ2v) is 3.49. The summed E-state index contributed by atoms with van der Waals surface area (Å²) >= 11 is 3.21. The number of halogens is 2. The van der Waals surface area contributed by atoms with E-state index in [9.17, 15) is 4.39 Å². The van der Waals surface area contributed by atoms with E-state index >= 15 is 0 Å². The van der Waals surface area contributed by atoms with Crippen LogP contribution in [0.5, 0.6) is 0 Å². The van der Waals surface area contributed by atoms with Crippen molar-refractivity contribution in [1.29, 1.82) is 0 Å². The lowest BCUT2D eigenvalue weighted by atomic mass is 10.2. The van der Waals surface area contributed by atoms with Crippen LogP contribution in [0.2, 0.25) is 0 Å². The van der Waals surface area contributed by atoms with E-state index in [2.05, 4.69) is 26.1 Å². The highest BCUT2D eigenvalue weighted by Crippen LogP contribution is 2.25. The molecule has 1 heterocycles. The van der Waals surface area contributed by atoms with Crippen molar-refractivity contribution in [3.63, 3.8) is 0 Å². The molecule has 1 aromatic carbocycles. The summed E-state index contributed by atoms with van der Waals surface area (Å²) in [6.07, 6.45) is 0. The molecular weight excluding hydrogens is 253 g/mol. The average molecular weight is 258 g/mol. The van der Waals surface area contributed by atoms with E-state index in [1.807, 2.05) is 0 Å². The molecule has 0 atom stereocenters. The van der Waals surface area contributed by atoms with Gasteiger partial charge < -0.3 is 10.2 Å². The summed E-state index contributed by atoms with van der Waals surface area (Å²) in [5.74, 6) is -0.363. The minimum absolute atomic E-state index is 0.0706. The van der Waals surface area contributed by atoms with E-state index in [1.54, 1.807) is 12.1 Å². The van der Waals surface area contributed by atoms with E-state index in [0.29, 0.717) is 0 Å². The van der Waals surface area contributed by atoms with Gasteiger partial charge in [0.25, 0.3) is 5.89 Å². The molecule has 0 saturated heterocycles. The smallest absolute Gasteiger partial charge is 0.313 e. The minimum atomic E-state index is -0.433. The van der Waals surface area contributed by atoms with Crippen LogP contribution < -0.4 is 5.73 Å². The summed E-state index contributed by atoms with van der Waals surface area (Å²) in [6, 6.07) is 4.35. The van der Waals surface area contributed by atoms with E-state index in [1.165, 1.54) is 6.07 Å². The van der Waals surface area contributed by atoms with Crippen molar-refractivity contribution in [2.24, 2.45) is 0 Å². The molecule has 72 valence electrons. The van der Waals surface area contributed by atoms with Crippen molar-refractivity contribution in [3.8, 4) is 11.5 Å². The third-order valence-electron chi connectivity index (χ3n) is 1.60. The first-order valence-corrected chi connectivity index (χ1v) is 4.50. The standard InChI is InChI=1S/C8H5BrFN3O/c9-4-1-2-6(10)5(3-4)7-12-13-8(11)14-7/h1-3H,(H2,11,13). The molecule has 2 aromatic rings. The Bertz CT molecular complexity index is 471. The molecule has 0 amide bonds. The summed E-state index contributed by atoms with van der Waals surface area (Å²) < 4.78 is 18.9. The third-order valence-corrected chi connectivity index (χ3v) is 2.09. The molecule has 6 heteroatoms. The number of benzene rings is 1. The molecule has 0 fully saturated rings. The van der Waals surface area contributed by atoms with Crippen LogP contribution in [0, 0.1) is 5.82 Å². The van der Waals surface area contributed by atoms with Crippen LogP contribution in [-0.4, -0.2) is 10.2 Å². The van der Waals surface area contributed by atoms with Crippen LogP contribution >= 0.6 is 15.9 Å². The number of nitrogens with two attached hydrogens (primary N) is 1. The van der Waals surface area contributed by atoms with Crippen molar-refractivity contribution in [1.82, 2.24) is 10.2 Å². The maximum absolute atomic E-state index is 13.3. The molecule has 4 nitrogen and oxygen atoms in total. The molecule has 0 aliphatic carbocycles. The number of nitrogens with zero attached hydrogens (tertiary/aromatic N) is 2. The fraction of sp³-hybridized carbons (Fsp3) is 0. The molecule has 0 aliphatic heterocycles. The first-order chi connectivity index (χ1) is 6.66. The SMILES string of the molecule is Nc1nnc(-c2cc(Br)ccc2F)o1. The minimum Gasteiger partial charge on any atom is -0.403 e. The highest BCUT2D eigenvalue weighted by molar-refractivity contribution is 9.10. The van der Waals surface area contributed by atoms with Crippen molar-refractivity contribution in [2.45, 2.75) is 0 Å². The summed E-state index contributed by atoms with van der Waals surface area (Å²) in [6.45, 7) is 0. The highest BCUT2D eigenvalue weighted by Gasteiger charge is 2.11. The first-order valence-electron chi connectivity index (χ1n) is 3.71. The number of anilines is 1. The topological polar surface area (TPSA) is 64.9 Å². The maximum atomic E-state index is 13.3. The molecular formula is C8H5BrFN3O.